The van der Waals surface area contributed by atoms with Gasteiger partial charge < -0.3 is 0 Å². The zero-order valence-electron chi connectivity index (χ0n) is 4.51. The van der Waals surface area contributed by atoms with Gasteiger partial charge in [-0.1, -0.05) is 11.5 Å². The number of rotatable bonds is 0. The highest BCUT2D eigenvalue weighted by atomic mass is 32.1. The summed E-state index contributed by atoms with van der Waals surface area (Å²) >= 11 is 1.23. The van der Waals surface area contributed by atoms with E-state index in [1.165, 1.54) is 11.5 Å². The first-order chi connectivity index (χ1) is 3.72. The van der Waals surface area contributed by atoms with E-state index >= 15 is 0 Å². The summed E-state index contributed by atoms with van der Waals surface area (Å²) in [6, 6.07) is 0. The van der Waals surface area contributed by atoms with Crippen molar-refractivity contribution in [2.75, 3.05) is 0 Å². The van der Waals surface area contributed by atoms with E-state index in [0.29, 0.717) is 10.4 Å². The Balaban J connectivity index is 3.19. The minimum absolute atomic E-state index is 0.549. The summed E-state index contributed by atoms with van der Waals surface area (Å²) in [5.74, 6) is 0. The van der Waals surface area contributed by atoms with Gasteiger partial charge in [-0.05, 0) is 17.3 Å². The number of nitrogens with zero attached hydrogens (tertiary/aromatic N) is 1. The van der Waals surface area contributed by atoms with Crippen molar-refractivity contribution in [2.24, 2.45) is 0 Å². The van der Waals surface area contributed by atoms with Gasteiger partial charge >= 0.3 is 0 Å². The Labute approximate surface area is 55.1 Å². The quantitative estimate of drug-likeness (QED) is 0.400. The first-order valence-electron chi connectivity index (χ1n) is 2.19. The monoisotopic (exact) mass is 119 g/mol. The van der Waals surface area contributed by atoms with Crippen LogP contribution in [0.25, 0.3) is 0 Å². The molecule has 4 radical (unpaired) electrons. The average Bonchev–Trinajstić information content (AvgIpc) is 1.98. The molecule has 36 valence electrons. The van der Waals surface area contributed by atoms with Crippen molar-refractivity contribution in [1.82, 2.24) is 4.37 Å². The van der Waals surface area contributed by atoms with Crippen molar-refractivity contribution >= 4 is 37.6 Å². The van der Waals surface area contributed by atoms with Crippen molar-refractivity contribution in [3.05, 3.63) is 5.56 Å². The highest BCUT2D eigenvalue weighted by Crippen LogP contribution is 1.87. The third kappa shape index (κ3) is 0.802. The molecule has 1 aromatic heterocycles. The molecule has 1 aromatic rings. The standard InChI is InChI=1S/C4H3B2NS/c1-2-3(5)7-8-4(2)6/h1H3. The molecule has 8 heavy (non-hydrogen) atoms. The van der Waals surface area contributed by atoms with E-state index in [4.69, 9.17) is 15.7 Å². The number of hydrogen-bond donors (Lipinski definition) is 0. The molecule has 0 spiro atoms. The molecule has 0 unspecified atom stereocenters. The van der Waals surface area contributed by atoms with Gasteiger partial charge in [0.25, 0.3) is 0 Å². The molecule has 0 aromatic carbocycles. The van der Waals surface area contributed by atoms with E-state index in [2.05, 4.69) is 4.37 Å². The molecule has 0 aliphatic heterocycles. The predicted molar refractivity (Wildman–Crippen MR) is 37.6 cm³/mol. The van der Waals surface area contributed by atoms with Crippen LogP contribution in [0, 0.1) is 6.92 Å². The van der Waals surface area contributed by atoms with Crippen LogP contribution in [0.5, 0.6) is 0 Å². The minimum atomic E-state index is 0.549. The number of aromatic nitrogens is 1. The van der Waals surface area contributed by atoms with Crippen molar-refractivity contribution < 1.29 is 0 Å². The lowest BCUT2D eigenvalue weighted by molar-refractivity contribution is 1.55. The zero-order valence-corrected chi connectivity index (χ0v) is 5.33. The molecule has 0 amide bonds. The second-order valence-corrected chi connectivity index (χ2v) is 2.36. The van der Waals surface area contributed by atoms with Gasteiger partial charge in [-0.15, -0.1) is 0 Å². The van der Waals surface area contributed by atoms with Crippen LogP contribution in [0.1, 0.15) is 5.56 Å². The van der Waals surface area contributed by atoms with Gasteiger partial charge in [-0.2, -0.15) is 0 Å². The van der Waals surface area contributed by atoms with E-state index in [9.17, 15) is 0 Å². The van der Waals surface area contributed by atoms with Gasteiger partial charge in [-0.25, -0.2) is 4.37 Å². The van der Waals surface area contributed by atoms with Crippen molar-refractivity contribution in [3.63, 3.8) is 0 Å². The van der Waals surface area contributed by atoms with Crippen LogP contribution >= 0.6 is 11.5 Å². The third-order valence-electron chi connectivity index (χ3n) is 0.996. The van der Waals surface area contributed by atoms with Crippen LogP contribution in [0.15, 0.2) is 0 Å². The van der Waals surface area contributed by atoms with Crippen LogP contribution in [0.4, 0.5) is 0 Å². The van der Waals surface area contributed by atoms with Gasteiger partial charge in [0.15, 0.2) is 0 Å². The summed E-state index contributed by atoms with van der Waals surface area (Å²) in [6.45, 7) is 1.86. The molecule has 0 N–H and O–H groups in total. The Hall–Kier alpha value is -0.240. The molecule has 4 heteroatoms. The summed E-state index contributed by atoms with van der Waals surface area (Å²) in [6.07, 6.45) is 0. The highest BCUT2D eigenvalue weighted by Gasteiger charge is 1.96. The van der Waals surface area contributed by atoms with Crippen molar-refractivity contribution in [1.29, 1.82) is 0 Å². The van der Waals surface area contributed by atoms with Crippen LogP contribution in [0.2, 0.25) is 0 Å². The molecule has 1 nitrogen and oxygen atoms in total. The second-order valence-electron chi connectivity index (χ2n) is 1.56. The maximum atomic E-state index is 5.42. The summed E-state index contributed by atoms with van der Waals surface area (Å²) in [4.78, 5) is 0. The van der Waals surface area contributed by atoms with Crippen molar-refractivity contribution in [2.45, 2.75) is 6.92 Å². The average molecular weight is 119 g/mol. The van der Waals surface area contributed by atoms with Crippen molar-refractivity contribution in [3.8, 4) is 0 Å². The molecular weight excluding hydrogens is 116 g/mol. The summed E-state index contributed by atoms with van der Waals surface area (Å²) in [7, 11) is 10.8. The second kappa shape index (κ2) is 1.94. The molecule has 0 aliphatic rings. The van der Waals surface area contributed by atoms with E-state index in [1.807, 2.05) is 6.92 Å². The van der Waals surface area contributed by atoms with Crippen LogP contribution in [-0.2, 0) is 0 Å². The topological polar surface area (TPSA) is 12.9 Å². The molecule has 0 fully saturated rings. The van der Waals surface area contributed by atoms with Gasteiger partial charge in [0, 0.05) is 5.59 Å². The van der Waals surface area contributed by atoms with Crippen LogP contribution in [0.3, 0.4) is 0 Å². The smallest absolute Gasteiger partial charge is 0.143 e. The maximum absolute atomic E-state index is 5.42. The maximum Gasteiger partial charge on any atom is 0.143 e. The zero-order chi connectivity index (χ0) is 6.15. The SMILES string of the molecule is [B]c1nsc([B])c1C. The lowest BCUT2D eigenvalue weighted by atomic mass is 9.94. The fraction of sp³-hybridized carbons (Fsp3) is 0.250. The van der Waals surface area contributed by atoms with Crippen LogP contribution in [-0.4, -0.2) is 20.1 Å². The van der Waals surface area contributed by atoms with E-state index in [1.54, 1.807) is 0 Å². The van der Waals surface area contributed by atoms with Crippen LogP contribution < -0.4 is 10.4 Å². The first-order valence-corrected chi connectivity index (χ1v) is 2.96. The molecular formula is C4H3B2NS. The molecule has 0 atom stereocenters. The fourth-order valence-corrected chi connectivity index (χ4v) is 0.937. The van der Waals surface area contributed by atoms with Gasteiger partial charge in [0.1, 0.15) is 15.7 Å². The molecule has 1 rings (SSSR count). The van der Waals surface area contributed by atoms with E-state index in [0.717, 1.165) is 5.56 Å². The molecule has 0 aliphatic carbocycles. The molecule has 1 heterocycles. The first kappa shape index (κ1) is 5.89. The van der Waals surface area contributed by atoms with Gasteiger partial charge in [0.2, 0.25) is 0 Å². The fourth-order valence-electron chi connectivity index (χ4n) is 0.362. The minimum Gasteiger partial charge on any atom is -0.210 e. The largest absolute Gasteiger partial charge is 0.210 e. The molecule has 0 saturated carbocycles. The summed E-state index contributed by atoms with van der Waals surface area (Å²) < 4.78 is 4.52. The predicted octanol–water partition coefficient (Wildman–Crippen LogP) is -0.961. The molecule has 0 saturated heterocycles. The highest BCUT2D eigenvalue weighted by molar-refractivity contribution is 7.15. The summed E-state index contributed by atoms with van der Waals surface area (Å²) in [5, 5.41) is 0. The Morgan fingerprint density at radius 2 is 2.12 bits per heavy atom. The lowest BCUT2D eigenvalue weighted by Gasteiger charge is -1.84. The van der Waals surface area contributed by atoms with Gasteiger partial charge in [-0.3, -0.25) is 0 Å². The Kier molecular flexibility index (Phi) is 1.43. The van der Waals surface area contributed by atoms with Gasteiger partial charge in [0.05, 0.1) is 0 Å². The summed E-state index contributed by atoms with van der Waals surface area (Å²) in [5.41, 5.74) is 1.45. The number of hydrogen-bond acceptors (Lipinski definition) is 2. The van der Waals surface area contributed by atoms with E-state index < -0.39 is 0 Å². The third-order valence-corrected chi connectivity index (χ3v) is 1.79. The normalized spacial score (nSPS) is 9.62. The van der Waals surface area contributed by atoms with E-state index in [-0.39, 0.29) is 0 Å². The lowest BCUT2D eigenvalue weighted by Crippen LogP contribution is -2.11. The Morgan fingerprint density at radius 1 is 1.50 bits per heavy atom. The Bertz CT molecular complexity index is 176. The molecule has 0 bridgehead atoms. The Morgan fingerprint density at radius 3 is 2.25 bits per heavy atom.